The predicted octanol–water partition coefficient (Wildman–Crippen LogP) is 2.35. The molecule has 1 aliphatic carbocycles. The second-order valence-corrected chi connectivity index (χ2v) is 13.0. The Balaban J connectivity index is 0.00000529. The Morgan fingerprint density at radius 1 is 1.09 bits per heavy atom. The van der Waals surface area contributed by atoms with E-state index in [1.807, 2.05) is 12.1 Å². The minimum Gasteiger partial charge on any atom is -0.465 e. The van der Waals surface area contributed by atoms with E-state index < -0.39 is 40.3 Å². The molecule has 12 nitrogen and oxygen atoms in total. The molecule has 242 valence electrons. The molecule has 14 heteroatoms. The van der Waals surface area contributed by atoms with Gasteiger partial charge in [-0.15, -0.1) is 12.4 Å². The summed E-state index contributed by atoms with van der Waals surface area (Å²) in [6.07, 6.45) is 4.34. The van der Waals surface area contributed by atoms with Crippen LogP contribution in [0.4, 0.5) is 0 Å². The van der Waals surface area contributed by atoms with Gasteiger partial charge in [-0.3, -0.25) is 19.8 Å². The van der Waals surface area contributed by atoms with Gasteiger partial charge in [0.2, 0.25) is 21.8 Å². The molecule has 0 radical (unpaired) electrons. The first kappa shape index (κ1) is 35.1. The number of fused-ring (bicyclic) bond motifs is 1. The van der Waals surface area contributed by atoms with Crippen molar-refractivity contribution in [3.8, 4) is 0 Å². The number of nitrogens with two attached hydrogens (primary N) is 1. The lowest BCUT2D eigenvalue weighted by atomic mass is 9.98. The molecule has 0 aromatic heterocycles. The molecule has 4 rings (SSSR count). The number of piperidine rings is 1. The molecule has 2 aromatic rings. The molecule has 2 aromatic carbocycles. The number of amides is 2. The average Bonchev–Trinajstić information content (AvgIpc) is 3.53. The summed E-state index contributed by atoms with van der Waals surface area (Å²) in [7, 11) is -4.23. The first-order chi connectivity index (χ1) is 20.6. The van der Waals surface area contributed by atoms with Crippen molar-refractivity contribution < 1.29 is 27.5 Å². The molecule has 0 bridgehead atoms. The predicted molar refractivity (Wildman–Crippen MR) is 170 cm³/mol. The summed E-state index contributed by atoms with van der Waals surface area (Å²) in [5.41, 5.74) is 5.64. The first-order valence-corrected chi connectivity index (χ1v) is 16.4. The summed E-state index contributed by atoms with van der Waals surface area (Å²) in [6.45, 7) is 3.01. The number of rotatable bonds is 12. The molecular formula is C30H43ClN6O6S. The number of ether oxygens (including phenoxy) is 1. The average molecular weight is 651 g/mol. The van der Waals surface area contributed by atoms with Gasteiger partial charge in [0.05, 0.1) is 17.9 Å². The summed E-state index contributed by atoms with van der Waals surface area (Å²) in [4.78, 5) is 42.8. The monoisotopic (exact) mass is 650 g/mol. The molecule has 0 spiro atoms. The van der Waals surface area contributed by atoms with E-state index in [9.17, 15) is 22.8 Å². The fraction of sp³-hybridized carbons (Fsp3) is 0.533. The van der Waals surface area contributed by atoms with Crippen LogP contribution in [0.25, 0.3) is 10.8 Å². The Morgan fingerprint density at radius 2 is 1.80 bits per heavy atom. The van der Waals surface area contributed by atoms with Crippen LogP contribution < -0.4 is 15.8 Å². The number of sulfonamides is 1. The normalized spacial score (nSPS) is 17.8. The van der Waals surface area contributed by atoms with Gasteiger partial charge in [-0.05, 0) is 61.4 Å². The molecule has 0 unspecified atom stereocenters. The molecule has 1 saturated heterocycles. The Kier molecular flexibility index (Phi) is 12.8. The van der Waals surface area contributed by atoms with E-state index >= 15 is 0 Å². The van der Waals surface area contributed by atoms with Crippen LogP contribution >= 0.6 is 12.4 Å². The topological polar surface area (TPSA) is 175 Å². The fourth-order valence-electron chi connectivity index (χ4n) is 5.88. The fourth-order valence-corrected chi connectivity index (χ4v) is 7.11. The second-order valence-electron chi connectivity index (χ2n) is 11.2. The van der Waals surface area contributed by atoms with E-state index in [0.29, 0.717) is 37.9 Å². The maximum Gasteiger partial charge on any atom is 0.325 e. The highest BCUT2D eigenvalue weighted by Gasteiger charge is 2.36. The molecule has 2 atom stereocenters. The summed E-state index contributed by atoms with van der Waals surface area (Å²) in [6, 6.07) is 10.3. The van der Waals surface area contributed by atoms with Crippen LogP contribution in [0.1, 0.15) is 51.9 Å². The van der Waals surface area contributed by atoms with Crippen LogP contribution in [-0.4, -0.2) is 86.8 Å². The largest absolute Gasteiger partial charge is 0.465 e. The summed E-state index contributed by atoms with van der Waals surface area (Å²) in [5, 5.41) is 12.1. The summed E-state index contributed by atoms with van der Waals surface area (Å²) >= 11 is 0. The maximum atomic E-state index is 14.0. The van der Waals surface area contributed by atoms with Crippen LogP contribution in [0.3, 0.4) is 0 Å². The molecule has 2 fully saturated rings. The van der Waals surface area contributed by atoms with E-state index in [1.54, 1.807) is 30.0 Å². The van der Waals surface area contributed by atoms with Crippen molar-refractivity contribution in [3.05, 3.63) is 42.5 Å². The summed E-state index contributed by atoms with van der Waals surface area (Å²) in [5.74, 6) is -1.68. The zero-order valence-corrected chi connectivity index (χ0v) is 26.6. The highest BCUT2D eigenvalue weighted by Crippen LogP contribution is 2.25. The zero-order chi connectivity index (χ0) is 31.0. The Labute approximate surface area is 265 Å². The van der Waals surface area contributed by atoms with Crippen molar-refractivity contribution in [1.82, 2.24) is 19.8 Å². The van der Waals surface area contributed by atoms with Crippen LogP contribution in [0, 0.1) is 11.3 Å². The number of hydrogen-bond donors (Lipinski definition) is 4. The number of esters is 1. The SMILES string of the molecule is CCOC(=O)CN(C(=O)[C@H](CC(=O)NC[C@@H]1CCCN(C(=N)N)C1)NS(=O)(=O)c1ccc2ccccc2c1)C1CCCC1.Cl. The standard InChI is InChI=1S/C30H42N6O6S.ClH/c1-2-42-28(38)20-36(24-11-5-6-12-24)29(39)26(17-27(37)33-18-21-8-7-15-35(19-21)30(31)32)34-43(40,41)25-14-13-22-9-3-4-10-23(22)16-25;/h3-4,9-10,13-14,16,21,24,26,34H,2,5-8,11-12,15,17-20H2,1H3,(H3,31,32)(H,33,37);1H/t21-,26-;/m0./s1. The minimum absolute atomic E-state index is 0. The van der Waals surface area contributed by atoms with Crippen molar-refractivity contribution >= 4 is 56.9 Å². The Bertz CT molecular complexity index is 1430. The van der Waals surface area contributed by atoms with E-state index in [2.05, 4.69) is 10.0 Å². The molecule has 1 heterocycles. The smallest absolute Gasteiger partial charge is 0.325 e. The van der Waals surface area contributed by atoms with Crippen LogP contribution in [0.2, 0.25) is 0 Å². The quantitative estimate of drug-likeness (QED) is 0.154. The van der Waals surface area contributed by atoms with E-state index in [-0.39, 0.29) is 48.4 Å². The van der Waals surface area contributed by atoms with E-state index in [4.69, 9.17) is 15.9 Å². The van der Waals surface area contributed by atoms with Crippen molar-refractivity contribution in [3.63, 3.8) is 0 Å². The van der Waals surface area contributed by atoms with Crippen molar-refractivity contribution in [1.29, 1.82) is 5.41 Å². The van der Waals surface area contributed by atoms with Gasteiger partial charge in [0, 0.05) is 25.7 Å². The maximum absolute atomic E-state index is 14.0. The van der Waals surface area contributed by atoms with Crippen LogP contribution in [-0.2, 0) is 29.1 Å². The number of likely N-dealkylation sites (tertiary alicyclic amines) is 1. The number of nitrogens with one attached hydrogen (secondary N) is 3. The van der Waals surface area contributed by atoms with Crippen LogP contribution in [0.15, 0.2) is 47.4 Å². The number of guanidine groups is 1. The third-order valence-electron chi connectivity index (χ3n) is 8.12. The van der Waals surface area contributed by atoms with E-state index in [0.717, 1.165) is 31.1 Å². The van der Waals surface area contributed by atoms with Gasteiger partial charge in [-0.2, -0.15) is 4.72 Å². The second kappa shape index (κ2) is 16.1. The number of carbonyl (C=O) groups excluding carboxylic acids is 3. The van der Waals surface area contributed by atoms with Crippen LogP contribution in [0.5, 0.6) is 0 Å². The molecule has 44 heavy (non-hydrogen) atoms. The van der Waals surface area contributed by atoms with Crippen molar-refractivity contribution in [2.24, 2.45) is 11.7 Å². The molecule has 1 aliphatic heterocycles. The van der Waals surface area contributed by atoms with E-state index in [1.165, 1.54) is 17.0 Å². The highest BCUT2D eigenvalue weighted by molar-refractivity contribution is 7.89. The van der Waals surface area contributed by atoms with Crippen molar-refractivity contribution in [2.45, 2.75) is 68.8 Å². The van der Waals surface area contributed by atoms with Gasteiger partial charge >= 0.3 is 5.97 Å². The number of benzene rings is 2. The Hall–Kier alpha value is -3.42. The highest BCUT2D eigenvalue weighted by atomic mass is 35.5. The van der Waals surface area contributed by atoms with Gasteiger partial charge in [-0.25, -0.2) is 8.42 Å². The minimum atomic E-state index is -4.23. The van der Waals surface area contributed by atoms with Crippen molar-refractivity contribution in [2.75, 3.05) is 32.8 Å². The number of halogens is 1. The lowest BCUT2D eigenvalue weighted by molar-refractivity contribution is -0.151. The molecular weight excluding hydrogens is 608 g/mol. The van der Waals surface area contributed by atoms with Gasteiger partial charge in [0.1, 0.15) is 12.6 Å². The van der Waals surface area contributed by atoms with Gasteiger partial charge in [-0.1, -0.05) is 43.2 Å². The van der Waals surface area contributed by atoms with Gasteiger partial charge in [0.15, 0.2) is 5.96 Å². The van der Waals surface area contributed by atoms with Gasteiger partial charge in [0.25, 0.3) is 0 Å². The summed E-state index contributed by atoms with van der Waals surface area (Å²) < 4.78 is 34.8. The number of nitrogens with zero attached hydrogens (tertiary/aromatic N) is 2. The number of carbonyl (C=O) groups is 3. The zero-order valence-electron chi connectivity index (χ0n) is 25.0. The molecule has 5 N–H and O–H groups in total. The lowest BCUT2D eigenvalue weighted by Gasteiger charge is -2.33. The lowest BCUT2D eigenvalue weighted by Crippen LogP contribution is -2.54. The van der Waals surface area contributed by atoms with Gasteiger partial charge < -0.3 is 25.6 Å². The Morgan fingerprint density at radius 3 is 2.48 bits per heavy atom. The molecule has 2 amide bonds. The molecule has 2 aliphatic rings. The third kappa shape index (κ3) is 9.29. The first-order valence-electron chi connectivity index (χ1n) is 14.9. The number of hydrogen-bond acceptors (Lipinski definition) is 7. The molecule has 1 saturated carbocycles. The third-order valence-corrected chi connectivity index (χ3v) is 9.59.